The highest BCUT2D eigenvalue weighted by Crippen LogP contribution is 2.45. The third kappa shape index (κ3) is 5.28. The summed E-state index contributed by atoms with van der Waals surface area (Å²) in [7, 11) is 2.56. The van der Waals surface area contributed by atoms with Gasteiger partial charge in [0, 0.05) is 17.0 Å². The maximum Gasteiger partial charge on any atom is 0.121 e. The van der Waals surface area contributed by atoms with Gasteiger partial charge in [0.05, 0.1) is 0 Å². The van der Waals surface area contributed by atoms with E-state index in [0.29, 0.717) is 5.02 Å². The zero-order valence-corrected chi connectivity index (χ0v) is 18.6. The molecule has 26 heavy (non-hydrogen) atoms. The molecule has 0 saturated carbocycles. The van der Waals surface area contributed by atoms with Crippen LogP contribution in [0.5, 0.6) is 0 Å². The zero-order valence-electron chi connectivity index (χ0n) is 14.5. The largest absolute Gasteiger partial charge is 0.130 e. The van der Waals surface area contributed by atoms with Gasteiger partial charge in [0.25, 0.3) is 0 Å². The van der Waals surface area contributed by atoms with Gasteiger partial charge in [-0.1, -0.05) is 102 Å². The lowest BCUT2D eigenvalue weighted by Crippen LogP contribution is -2.22. The summed E-state index contributed by atoms with van der Waals surface area (Å²) in [5.41, 5.74) is 4.12. The molecular weight excluding hydrogens is 422 g/mol. The van der Waals surface area contributed by atoms with Gasteiger partial charge in [-0.3, -0.25) is 0 Å². The van der Waals surface area contributed by atoms with Gasteiger partial charge >= 0.3 is 0 Å². The Bertz CT molecular complexity index is 794. The number of hydrogen-bond acceptors (Lipinski definition) is 1. The average molecular weight is 442 g/mol. The van der Waals surface area contributed by atoms with E-state index < -0.39 is 4.87 Å². The van der Waals surface area contributed by atoms with Crippen molar-refractivity contribution in [2.75, 3.05) is 6.38 Å². The van der Waals surface area contributed by atoms with Crippen LogP contribution in [0.15, 0.2) is 78.9 Å². The first kappa shape index (κ1) is 23.1. The number of rotatable bonds is 3. The zero-order chi connectivity index (χ0) is 19.6. The van der Waals surface area contributed by atoms with Crippen molar-refractivity contribution < 1.29 is 0 Å². The van der Waals surface area contributed by atoms with E-state index >= 15 is 0 Å². The fraction of sp³-hybridized carbons (Fsp3) is 0.143. The quantitative estimate of drug-likeness (QED) is 0.229. The first-order valence-electron chi connectivity index (χ1n) is 7.77. The van der Waals surface area contributed by atoms with Crippen molar-refractivity contribution in [2.24, 2.45) is 0 Å². The molecule has 3 aromatic rings. The molecular formula is C21H20Cl3PS. The van der Waals surface area contributed by atoms with Crippen LogP contribution in [0.3, 0.4) is 0 Å². The molecule has 5 heteroatoms. The number of benzene rings is 3. The third-order valence-electron chi connectivity index (χ3n) is 3.87. The van der Waals surface area contributed by atoms with Crippen LogP contribution in [0.2, 0.25) is 5.02 Å². The van der Waals surface area contributed by atoms with Crippen LogP contribution in [0, 0.1) is 6.92 Å². The molecule has 0 amide bonds. The van der Waals surface area contributed by atoms with E-state index in [1.54, 1.807) is 0 Å². The van der Waals surface area contributed by atoms with Gasteiger partial charge in [-0.05, 0) is 32.1 Å². The van der Waals surface area contributed by atoms with Crippen molar-refractivity contribution in [2.45, 2.75) is 11.8 Å². The summed E-state index contributed by atoms with van der Waals surface area (Å²) in [5.74, 6) is 0. The lowest BCUT2D eigenvalue weighted by Gasteiger charge is -2.30. The van der Waals surface area contributed by atoms with E-state index in [0.717, 1.165) is 16.7 Å². The molecule has 0 bridgehead atoms. The molecule has 3 aromatic carbocycles. The highest BCUT2D eigenvalue weighted by Gasteiger charge is 2.35. The Morgan fingerprint density at radius 3 is 1.73 bits per heavy atom. The summed E-state index contributed by atoms with van der Waals surface area (Å²) < 4.78 is 0. The molecule has 0 radical (unpaired) electrons. The van der Waals surface area contributed by atoms with E-state index in [1.165, 1.54) is 11.9 Å². The lowest BCUT2D eigenvalue weighted by atomic mass is 9.84. The van der Waals surface area contributed by atoms with Crippen molar-refractivity contribution in [3.63, 3.8) is 0 Å². The van der Waals surface area contributed by atoms with Gasteiger partial charge < -0.3 is 0 Å². The van der Waals surface area contributed by atoms with Crippen LogP contribution < -0.4 is 0 Å². The number of hydrogen-bond donors (Lipinski definition) is 0. The predicted octanol–water partition coefficient (Wildman–Crippen LogP) is 7.63. The molecule has 0 heterocycles. The number of alkyl halides is 2. The minimum absolute atomic E-state index is 0.668. The summed E-state index contributed by atoms with van der Waals surface area (Å²) in [6.45, 7) is 2.07. The van der Waals surface area contributed by atoms with Crippen molar-refractivity contribution in [3.05, 3.63) is 106 Å². The SMILES string of the molecule is CCl.Cc1ccc(C(Cl)(c2ccccc2)c2ccccc2Cl)cc1.P=S. The Labute approximate surface area is 178 Å². The Hall–Kier alpha value is -0.950. The molecule has 0 saturated heterocycles. The maximum absolute atomic E-state index is 7.19. The molecule has 0 aliphatic heterocycles. The van der Waals surface area contributed by atoms with Gasteiger partial charge in [0.1, 0.15) is 4.87 Å². The summed E-state index contributed by atoms with van der Waals surface area (Å²) >= 11 is 22.2. The van der Waals surface area contributed by atoms with Crippen LogP contribution in [-0.4, -0.2) is 6.38 Å². The van der Waals surface area contributed by atoms with E-state index in [2.05, 4.69) is 62.6 Å². The summed E-state index contributed by atoms with van der Waals surface area (Å²) in [5, 5.41) is 0.668. The second-order valence-corrected chi connectivity index (χ2v) is 6.34. The van der Waals surface area contributed by atoms with Gasteiger partial charge in [-0.2, -0.15) is 0 Å². The van der Waals surface area contributed by atoms with Gasteiger partial charge in [-0.25, -0.2) is 0 Å². The van der Waals surface area contributed by atoms with Gasteiger partial charge in [-0.15, -0.1) is 23.2 Å². The molecule has 0 nitrogen and oxygen atoms in total. The summed E-state index contributed by atoms with van der Waals surface area (Å²) in [6.07, 6.45) is 1.47. The molecule has 0 N–H and O–H groups in total. The normalized spacial score (nSPS) is 11.9. The maximum atomic E-state index is 7.19. The highest BCUT2D eigenvalue weighted by atomic mass is 35.5. The minimum atomic E-state index is -0.798. The molecule has 136 valence electrons. The molecule has 0 fully saturated rings. The Morgan fingerprint density at radius 2 is 1.19 bits per heavy atom. The van der Waals surface area contributed by atoms with Crippen molar-refractivity contribution in [1.82, 2.24) is 0 Å². The van der Waals surface area contributed by atoms with Gasteiger partial charge in [0.2, 0.25) is 0 Å². The van der Waals surface area contributed by atoms with E-state index in [-0.39, 0.29) is 0 Å². The molecule has 1 atom stereocenters. The first-order chi connectivity index (χ1) is 12.6. The Balaban J connectivity index is 0.000000791. The molecule has 3 rings (SSSR count). The molecule has 0 aliphatic rings. The Kier molecular flexibility index (Phi) is 10.4. The van der Waals surface area contributed by atoms with Crippen molar-refractivity contribution >= 4 is 54.6 Å². The number of halogens is 3. The highest BCUT2D eigenvalue weighted by molar-refractivity contribution is 7.88. The minimum Gasteiger partial charge on any atom is -0.130 e. The first-order valence-corrected chi connectivity index (χ1v) is 10.9. The predicted molar refractivity (Wildman–Crippen MR) is 122 cm³/mol. The van der Waals surface area contributed by atoms with Crippen molar-refractivity contribution in [3.8, 4) is 0 Å². The van der Waals surface area contributed by atoms with Crippen LogP contribution in [-0.2, 0) is 16.7 Å². The molecule has 1 unspecified atom stereocenters. The topological polar surface area (TPSA) is 0 Å². The summed E-state index contributed by atoms with van der Waals surface area (Å²) in [4.78, 5) is -0.798. The van der Waals surface area contributed by atoms with E-state index in [4.69, 9.17) is 23.2 Å². The van der Waals surface area contributed by atoms with Gasteiger partial charge in [0.15, 0.2) is 0 Å². The fourth-order valence-corrected chi connectivity index (χ4v) is 3.41. The third-order valence-corrected chi connectivity index (χ3v) is 4.84. The average Bonchev–Trinajstić information content (AvgIpc) is 2.72. The fourth-order valence-electron chi connectivity index (χ4n) is 2.67. The second-order valence-electron chi connectivity index (χ2n) is 5.37. The molecule has 0 aromatic heterocycles. The van der Waals surface area contributed by atoms with E-state index in [9.17, 15) is 0 Å². The van der Waals surface area contributed by atoms with Crippen LogP contribution >= 0.6 is 42.8 Å². The van der Waals surface area contributed by atoms with Crippen LogP contribution in [0.4, 0.5) is 0 Å². The Morgan fingerprint density at radius 1 is 0.731 bits per heavy atom. The van der Waals surface area contributed by atoms with Crippen molar-refractivity contribution in [1.29, 1.82) is 0 Å². The lowest BCUT2D eigenvalue weighted by molar-refractivity contribution is 0.879. The summed E-state index contributed by atoms with van der Waals surface area (Å²) in [6, 6.07) is 26.1. The number of aryl methyl sites for hydroxylation is 1. The van der Waals surface area contributed by atoms with Crippen LogP contribution in [0.25, 0.3) is 0 Å². The molecule has 0 spiro atoms. The smallest absolute Gasteiger partial charge is 0.121 e. The second kappa shape index (κ2) is 11.7. The van der Waals surface area contributed by atoms with Crippen LogP contribution in [0.1, 0.15) is 22.3 Å². The molecule has 0 aliphatic carbocycles. The monoisotopic (exact) mass is 440 g/mol. The van der Waals surface area contributed by atoms with E-state index in [1.807, 2.05) is 54.6 Å². The standard InChI is InChI=1S/C20H16Cl2.CH3Cl.HPS/c1-15-11-13-17(14-12-15)20(22,16-7-3-2-4-8-16)18-9-5-6-10-19(18)21;2*1-2/h2-14H,1H3;1H3;1H.